The fourth-order valence-corrected chi connectivity index (χ4v) is 8.02. The van der Waals surface area contributed by atoms with Crippen LogP contribution in [0.3, 0.4) is 0 Å². The number of piperazine rings is 1. The zero-order chi connectivity index (χ0) is 34.7. The van der Waals surface area contributed by atoms with Crippen molar-refractivity contribution in [3.05, 3.63) is 129 Å². The number of halogens is 2. The monoisotopic (exact) mass is 783 g/mol. The van der Waals surface area contributed by atoms with E-state index in [2.05, 4.69) is 116 Å². The Bertz CT molecular complexity index is 2020. The second-order valence-electron chi connectivity index (χ2n) is 14.6. The number of benzene rings is 4. The van der Waals surface area contributed by atoms with Gasteiger partial charge in [0.1, 0.15) is 11.6 Å². The van der Waals surface area contributed by atoms with Gasteiger partial charge in [-0.25, -0.2) is 4.39 Å². The third-order valence-electron chi connectivity index (χ3n) is 10.3. The first-order valence-corrected chi connectivity index (χ1v) is 18.9. The van der Waals surface area contributed by atoms with Crippen LogP contribution in [-0.2, 0) is 13.1 Å². The summed E-state index contributed by atoms with van der Waals surface area (Å²) in [6.07, 6.45) is 4.33. The van der Waals surface area contributed by atoms with Crippen LogP contribution >= 0.6 is 22.6 Å². The molecule has 8 heteroatoms. The van der Waals surface area contributed by atoms with E-state index in [-0.39, 0.29) is 5.82 Å². The van der Waals surface area contributed by atoms with Crippen molar-refractivity contribution in [1.82, 2.24) is 14.0 Å². The van der Waals surface area contributed by atoms with Gasteiger partial charge < -0.3 is 18.8 Å². The second kappa shape index (κ2) is 15.2. The van der Waals surface area contributed by atoms with Crippen LogP contribution in [-0.4, -0.2) is 53.4 Å². The van der Waals surface area contributed by atoms with Crippen molar-refractivity contribution in [2.45, 2.75) is 52.6 Å². The Hall–Kier alpha value is -3.89. The minimum absolute atomic E-state index is 0.271. The number of hydrogen-bond acceptors (Lipinski definition) is 4. The maximum Gasteiger partial charge on any atom is 0.203 e. The lowest BCUT2D eigenvalue weighted by atomic mass is 9.73. The van der Waals surface area contributed by atoms with E-state index in [1.807, 2.05) is 12.1 Å². The van der Waals surface area contributed by atoms with Gasteiger partial charge in [-0.05, 0) is 131 Å². The first kappa shape index (κ1) is 34.6. The molecule has 0 atom stereocenters. The molecular formula is C42H47FIN5O. The summed E-state index contributed by atoms with van der Waals surface area (Å²) in [5.74, 6) is 0.386. The minimum atomic E-state index is -0.271. The van der Waals surface area contributed by atoms with Gasteiger partial charge in [-0.15, -0.1) is 0 Å². The molecule has 0 saturated carbocycles. The highest BCUT2D eigenvalue weighted by Crippen LogP contribution is 2.42. The molecule has 5 aromatic rings. The highest BCUT2D eigenvalue weighted by atomic mass is 127. The maximum absolute atomic E-state index is 13.2. The van der Waals surface area contributed by atoms with Gasteiger partial charge in [-0.3, -0.25) is 10.3 Å². The van der Waals surface area contributed by atoms with Crippen LogP contribution in [0.15, 0.2) is 103 Å². The molecule has 4 aromatic carbocycles. The van der Waals surface area contributed by atoms with Crippen molar-refractivity contribution in [3.63, 3.8) is 0 Å². The number of anilines is 1. The predicted molar refractivity (Wildman–Crippen MR) is 210 cm³/mol. The van der Waals surface area contributed by atoms with Gasteiger partial charge in [-0.2, -0.15) is 0 Å². The molecule has 1 saturated heterocycles. The van der Waals surface area contributed by atoms with Crippen molar-refractivity contribution in [3.8, 4) is 5.75 Å². The van der Waals surface area contributed by atoms with Gasteiger partial charge in [0.25, 0.3) is 0 Å². The normalized spacial score (nSPS) is 16.7. The predicted octanol–water partition coefficient (Wildman–Crippen LogP) is 8.97. The summed E-state index contributed by atoms with van der Waals surface area (Å²) in [6.45, 7) is 11.8. The van der Waals surface area contributed by atoms with Crippen LogP contribution < -0.4 is 15.3 Å². The van der Waals surface area contributed by atoms with Crippen molar-refractivity contribution in [2.24, 2.45) is 5.41 Å². The number of nitrogens with zero attached hydrogens (tertiary/aromatic N) is 4. The van der Waals surface area contributed by atoms with Crippen molar-refractivity contribution < 1.29 is 9.13 Å². The largest absolute Gasteiger partial charge is 0.494 e. The van der Waals surface area contributed by atoms with E-state index < -0.39 is 0 Å². The highest BCUT2D eigenvalue weighted by molar-refractivity contribution is 14.1. The molecular weight excluding hydrogens is 736 g/mol. The van der Waals surface area contributed by atoms with Crippen molar-refractivity contribution in [2.75, 3.05) is 44.2 Å². The fourth-order valence-electron chi connectivity index (χ4n) is 7.66. The molecule has 2 heterocycles. The molecule has 0 bridgehead atoms. The molecule has 0 spiro atoms. The van der Waals surface area contributed by atoms with Crippen molar-refractivity contribution in [1.29, 1.82) is 5.41 Å². The zero-order valence-corrected chi connectivity index (χ0v) is 31.3. The summed E-state index contributed by atoms with van der Waals surface area (Å²) in [6, 6.07) is 32.4. The molecule has 1 aromatic heterocycles. The Balaban J connectivity index is 1.01. The molecule has 7 rings (SSSR count). The molecule has 1 fully saturated rings. The number of aryl methyl sites for hydroxylation is 1. The lowest BCUT2D eigenvalue weighted by molar-refractivity contribution is 0.256. The Morgan fingerprint density at radius 2 is 1.54 bits per heavy atom. The molecule has 0 amide bonds. The number of hydrogen-bond donors (Lipinski definition) is 1. The lowest BCUT2D eigenvalue weighted by Gasteiger charge is -2.39. The minimum Gasteiger partial charge on any atom is -0.494 e. The summed E-state index contributed by atoms with van der Waals surface area (Å²) in [5.41, 5.74) is 10.00. The number of imidazole rings is 1. The van der Waals surface area contributed by atoms with Gasteiger partial charge in [0.05, 0.1) is 24.2 Å². The van der Waals surface area contributed by atoms with E-state index >= 15 is 0 Å². The highest BCUT2D eigenvalue weighted by Gasteiger charge is 2.29. The van der Waals surface area contributed by atoms with Gasteiger partial charge in [0.15, 0.2) is 0 Å². The molecule has 260 valence electrons. The van der Waals surface area contributed by atoms with E-state index in [9.17, 15) is 4.39 Å². The maximum atomic E-state index is 13.2. The fraction of sp³-hybridized carbons (Fsp3) is 0.357. The summed E-state index contributed by atoms with van der Waals surface area (Å²) in [4.78, 5) is 5.18. The van der Waals surface area contributed by atoms with Crippen LogP contribution in [0.5, 0.6) is 5.75 Å². The first-order valence-electron chi connectivity index (χ1n) is 17.9. The summed E-state index contributed by atoms with van der Waals surface area (Å²) in [7, 11) is 0. The number of nitrogens with one attached hydrogen (secondary N) is 1. The van der Waals surface area contributed by atoms with E-state index in [1.165, 1.54) is 51.8 Å². The zero-order valence-electron chi connectivity index (χ0n) is 29.2. The quantitative estimate of drug-likeness (QED) is 0.108. The van der Waals surface area contributed by atoms with Crippen LogP contribution in [0.2, 0.25) is 0 Å². The number of ether oxygens (including phenoxy) is 1. The van der Waals surface area contributed by atoms with Crippen LogP contribution in [0, 0.1) is 20.2 Å². The molecule has 1 aliphatic heterocycles. The topological polar surface area (TPSA) is 49.4 Å². The Morgan fingerprint density at radius 1 is 0.820 bits per heavy atom. The average molecular weight is 784 g/mol. The first-order chi connectivity index (χ1) is 24.2. The van der Waals surface area contributed by atoms with Gasteiger partial charge in [0, 0.05) is 48.5 Å². The molecule has 2 aliphatic rings. The van der Waals surface area contributed by atoms with Gasteiger partial charge in [-0.1, -0.05) is 55.8 Å². The Morgan fingerprint density at radius 3 is 2.28 bits per heavy atom. The third kappa shape index (κ3) is 8.02. The molecule has 0 unspecified atom stereocenters. The average Bonchev–Trinajstić information content (AvgIpc) is 3.38. The van der Waals surface area contributed by atoms with E-state index in [1.54, 1.807) is 23.3 Å². The molecule has 50 heavy (non-hydrogen) atoms. The van der Waals surface area contributed by atoms with Crippen LogP contribution in [0.1, 0.15) is 50.7 Å². The van der Waals surface area contributed by atoms with Gasteiger partial charge in [0.2, 0.25) is 5.62 Å². The summed E-state index contributed by atoms with van der Waals surface area (Å²) >= 11 is 2.40. The van der Waals surface area contributed by atoms with Crippen LogP contribution in [0.25, 0.3) is 16.6 Å². The number of allylic oxidation sites excluding steroid dienone is 1. The van der Waals surface area contributed by atoms with E-state index in [0.29, 0.717) is 36.5 Å². The summed E-state index contributed by atoms with van der Waals surface area (Å²) in [5, 5.41) is 9.15. The number of rotatable bonds is 11. The number of para-hydroxylation sites is 2. The van der Waals surface area contributed by atoms with E-state index in [4.69, 9.17) is 10.1 Å². The van der Waals surface area contributed by atoms with E-state index in [0.717, 1.165) is 50.2 Å². The van der Waals surface area contributed by atoms with Crippen LogP contribution in [0.4, 0.5) is 10.1 Å². The third-order valence-corrected chi connectivity index (χ3v) is 11.1. The number of aromatic nitrogens is 2. The summed E-state index contributed by atoms with van der Waals surface area (Å²) < 4.78 is 24.5. The second-order valence-corrected chi connectivity index (χ2v) is 15.8. The molecule has 6 nitrogen and oxygen atoms in total. The Labute approximate surface area is 308 Å². The smallest absolute Gasteiger partial charge is 0.203 e. The van der Waals surface area contributed by atoms with Crippen molar-refractivity contribution >= 4 is 44.9 Å². The van der Waals surface area contributed by atoms with Gasteiger partial charge >= 0.3 is 0 Å². The molecule has 1 N–H and O–H groups in total. The molecule has 0 radical (unpaired) electrons. The number of fused-ring (bicyclic) bond motifs is 1. The standard InChI is InChI=1S/C42H47FIN5O/c1-42(2)20-19-38(32-11-15-35(44)16-12-32)33(28-42)30-46-22-24-47(25-23-46)36-8-5-7-31(27-36)29-49-40-10-4-3-9-39(40)48(41(49)45)21-6-26-50-37-17-13-34(43)14-18-37/h3-5,7-18,27,45H,6,19-26,28-30H2,1-2H3. The SMILES string of the molecule is CC1(C)CCC(c2ccc(I)cc2)=C(CN2CCN(c3cccc(Cn4c(=N)n(CCCOc5ccc(F)cc5)c5ccccc54)c3)CC2)C1. The Kier molecular flexibility index (Phi) is 10.5. The lowest BCUT2D eigenvalue weighted by Crippen LogP contribution is -2.47. The molecule has 1 aliphatic carbocycles.